The van der Waals surface area contributed by atoms with Gasteiger partial charge in [0, 0.05) is 26.9 Å². The van der Waals surface area contributed by atoms with Gasteiger partial charge in [0.15, 0.2) is 0 Å². The molecule has 0 aromatic carbocycles. The lowest BCUT2D eigenvalue weighted by molar-refractivity contribution is -0.0238. The van der Waals surface area contributed by atoms with Crippen molar-refractivity contribution in [3.8, 4) is 0 Å². The molecule has 0 heterocycles. The van der Waals surface area contributed by atoms with Gasteiger partial charge in [-0.1, -0.05) is 13.8 Å². The van der Waals surface area contributed by atoms with Gasteiger partial charge in [-0.05, 0) is 19.8 Å². The van der Waals surface area contributed by atoms with E-state index in [-0.39, 0.29) is 0 Å². The minimum atomic E-state index is -3.10. The van der Waals surface area contributed by atoms with Crippen molar-refractivity contribution in [2.75, 3.05) is 27.9 Å². The molecule has 17 heavy (non-hydrogen) atoms. The topological polar surface area (TPSA) is 46.2 Å². The van der Waals surface area contributed by atoms with Crippen molar-refractivity contribution in [3.05, 3.63) is 11.5 Å². The van der Waals surface area contributed by atoms with Crippen LogP contribution in [0, 0.1) is 5.92 Å². The first-order valence-electron chi connectivity index (χ1n) is 5.55. The average Bonchev–Trinajstić information content (AvgIpc) is 2.30. The van der Waals surface area contributed by atoms with Crippen LogP contribution in [0.15, 0.2) is 11.5 Å². The second-order valence-electron chi connectivity index (χ2n) is 4.21. The summed E-state index contributed by atoms with van der Waals surface area (Å²) in [5, 5.41) is 0. The van der Waals surface area contributed by atoms with Crippen LogP contribution in [0.25, 0.3) is 0 Å². The molecule has 102 valence electrons. The standard InChI is InChI=1S/C11H24O5Si/c1-9(2)8-15-11(10(3)4)16-17(12-5,13-6)14-7/h9H,8H2,1-7H3. The largest absolute Gasteiger partial charge is 0.750 e. The fraction of sp³-hybridized carbons (Fsp3) is 0.818. The molecule has 0 aromatic heterocycles. The Morgan fingerprint density at radius 3 is 1.76 bits per heavy atom. The summed E-state index contributed by atoms with van der Waals surface area (Å²) in [4.78, 5) is 0. The van der Waals surface area contributed by atoms with Crippen molar-refractivity contribution in [2.24, 2.45) is 5.92 Å². The fourth-order valence-electron chi connectivity index (χ4n) is 1.01. The fourth-order valence-corrected chi connectivity index (χ4v) is 2.25. The van der Waals surface area contributed by atoms with E-state index in [1.54, 1.807) is 0 Å². The van der Waals surface area contributed by atoms with E-state index in [4.69, 9.17) is 22.4 Å². The Kier molecular flexibility index (Phi) is 7.45. The van der Waals surface area contributed by atoms with Gasteiger partial charge in [-0.2, -0.15) is 0 Å². The Labute approximate surface area is 105 Å². The maximum Gasteiger partial charge on any atom is 0.750 e. The SMILES string of the molecule is CO[Si](OC)(OC)OC(OCC(C)C)=C(C)C. The Bertz CT molecular complexity index is 236. The van der Waals surface area contributed by atoms with Crippen molar-refractivity contribution in [1.29, 1.82) is 0 Å². The van der Waals surface area contributed by atoms with Gasteiger partial charge in [-0.3, -0.25) is 0 Å². The van der Waals surface area contributed by atoms with Crippen LogP contribution in [-0.2, 0) is 22.4 Å². The molecule has 0 rings (SSSR count). The minimum Gasteiger partial charge on any atom is -0.466 e. The zero-order chi connectivity index (χ0) is 13.5. The summed E-state index contributed by atoms with van der Waals surface area (Å²) in [5.74, 6) is 0.826. The molecule has 0 saturated carbocycles. The third kappa shape index (κ3) is 5.54. The number of hydrogen-bond donors (Lipinski definition) is 0. The molecular weight excluding hydrogens is 240 g/mol. The molecule has 0 atom stereocenters. The smallest absolute Gasteiger partial charge is 0.466 e. The molecule has 6 heteroatoms. The highest BCUT2D eigenvalue weighted by Gasteiger charge is 2.46. The first-order chi connectivity index (χ1) is 7.90. The molecule has 0 N–H and O–H groups in total. The molecule has 0 aliphatic rings. The molecule has 5 nitrogen and oxygen atoms in total. The molecule has 0 aliphatic carbocycles. The van der Waals surface area contributed by atoms with Gasteiger partial charge in [0.05, 0.1) is 6.61 Å². The van der Waals surface area contributed by atoms with E-state index in [1.807, 2.05) is 13.8 Å². The minimum absolute atomic E-state index is 0.413. The van der Waals surface area contributed by atoms with Crippen LogP contribution in [0.2, 0.25) is 0 Å². The van der Waals surface area contributed by atoms with Gasteiger partial charge in [0.1, 0.15) is 0 Å². The van der Waals surface area contributed by atoms with Gasteiger partial charge < -0.3 is 22.4 Å². The maximum absolute atomic E-state index is 5.63. The Morgan fingerprint density at radius 2 is 1.47 bits per heavy atom. The van der Waals surface area contributed by atoms with Crippen LogP contribution in [0.4, 0.5) is 0 Å². The predicted octanol–water partition coefficient (Wildman–Crippen LogP) is 2.30. The predicted molar refractivity (Wildman–Crippen MR) is 67.0 cm³/mol. The van der Waals surface area contributed by atoms with E-state index in [2.05, 4.69) is 13.8 Å². The molecule has 0 aromatic rings. The summed E-state index contributed by atoms with van der Waals surface area (Å²) >= 11 is 0. The highest BCUT2D eigenvalue weighted by molar-refractivity contribution is 6.53. The van der Waals surface area contributed by atoms with E-state index in [0.29, 0.717) is 18.5 Å². The summed E-state index contributed by atoms with van der Waals surface area (Å²) in [6.45, 7) is 8.50. The molecule has 0 amide bonds. The number of ether oxygens (including phenoxy) is 1. The van der Waals surface area contributed by atoms with E-state index in [1.165, 1.54) is 21.3 Å². The van der Waals surface area contributed by atoms with E-state index < -0.39 is 9.05 Å². The Hall–Kier alpha value is -0.563. The summed E-state index contributed by atoms with van der Waals surface area (Å²) in [6.07, 6.45) is 0. The van der Waals surface area contributed by atoms with Crippen molar-refractivity contribution in [2.45, 2.75) is 27.7 Å². The average molecular weight is 264 g/mol. The third-order valence-corrected chi connectivity index (χ3v) is 3.86. The third-order valence-electron chi connectivity index (χ3n) is 1.92. The second-order valence-corrected chi connectivity index (χ2v) is 6.64. The van der Waals surface area contributed by atoms with Crippen molar-refractivity contribution >= 4 is 9.05 Å². The number of hydrogen-bond acceptors (Lipinski definition) is 5. The van der Waals surface area contributed by atoms with Gasteiger partial charge in [0.25, 0.3) is 5.95 Å². The monoisotopic (exact) mass is 264 g/mol. The van der Waals surface area contributed by atoms with Gasteiger partial charge in [0.2, 0.25) is 0 Å². The zero-order valence-electron chi connectivity index (χ0n) is 11.8. The molecule has 0 bridgehead atoms. The molecule has 0 saturated heterocycles. The summed E-state index contributed by atoms with van der Waals surface area (Å²) in [5.41, 5.74) is 0.911. The van der Waals surface area contributed by atoms with Crippen LogP contribution < -0.4 is 0 Å². The van der Waals surface area contributed by atoms with Crippen molar-refractivity contribution in [1.82, 2.24) is 0 Å². The maximum atomic E-state index is 5.63. The van der Waals surface area contributed by atoms with Crippen LogP contribution >= 0.6 is 0 Å². The van der Waals surface area contributed by atoms with Crippen molar-refractivity contribution < 1.29 is 22.4 Å². The van der Waals surface area contributed by atoms with Crippen molar-refractivity contribution in [3.63, 3.8) is 0 Å². The lowest BCUT2D eigenvalue weighted by Gasteiger charge is -2.25. The van der Waals surface area contributed by atoms with E-state index >= 15 is 0 Å². The Balaban J connectivity index is 4.70. The molecule has 0 unspecified atom stereocenters. The lowest BCUT2D eigenvalue weighted by Crippen LogP contribution is -2.46. The van der Waals surface area contributed by atoms with Crippen LogP contribution in [-0.4, -0.2) is 37.0 Å². The quantitative estimate of drug-likeness (QED) is 0.497. The Morgan fingerprint density at radius 1 is 1.00 bits per heavy atom. The lowest BCUT2D eigenvalue weighted by atomic mass is 10.2. The summed E-state index contributed by atoms with van der Waals surface area (Å²) in [6, 6.07) is 0. The normalized spacial score (nSPS) is 11.5. The van der Waals surface area contributed by atoms with E-state index in [0.717, 1.165) is 5.57 Å². The zero-order valence-corrected chi connectivity index (χ0v) is 12.8. The second kappa shape index (κ2) is 7.70. The number of allylic oxidation sites excluding steroid dienone is 1. The first kappa shape index (κ1) is 16.4. The van der Waals surface area contributed by atoms with Gasteiger partial charge in [-0.25, -0.2) is 0 Å². The molecular formula is C11H24O5Si. The van der Waals surface area contributed by atoms with Crippen LogP contribution in [0.5, 0.6) is 0 Å². The van der Waals surface area contributed by atoms with Crippen LogP contribution in [0.1, 0.15) is 27.7 Å². The molecule has 0 radical (unpaired) electrons. The van der Waals surface area contributed by atoms with Crippen LogP contribution in [0.3, 0.4) is 0 Å². The first-order valence-corrected chi connectivity index (χ1v) is 7.18. The van der Waals surface area contributed by atoms with Gasteiger partial charge in [-0.15, -0.1) is 0 Å². The van der Waals surface area contributed by atoms with E-state index in [9.17, 15) is 0 Å². The highest BCUT2D eigenvalue weighted by Crippen LogP contribution is 2.18. The molecule has 0 fully saturated rings. The van der Waals surface area contributed by atoms with Gasteiger partial charge >= 0.3 is 9.05 Å². The molecule has 0 spiro atoms. The highest BCUT2D eigenvalue weighted by atomic mass is 28.4. The molecule has 0 aliphatic heterocycles. The summed E-state index contributed by atoms with van der Waals surface area (Å²) in [7, 11) is 1.37. The summed E-state index contributed by atoms with van der Waals surface area (Å²) < 4.78 is 26.8. The number of rotatable bonds is 8.